The van der Waals surface area contributed by atoms with Gasteiger partial charge in [-0.05, 0) is 59.7 Å². The molecule has 32 heavy (non-hydrogen) atoms. The van der Waals surface area contributed by atoms with Crippen molar-refractivity contribution >= 4 is 40.1 Å². The van der Waals surface area contributed by atoms with E-state index in [4.69, 9.17) is 10.7 Å². The van der Waals surface area contributed by atoms with E-state index < -0.39 is 5.91 Å². The van der Waals surface area contributed by atoms with E-state index in [0.29, 0.717) is 11.5 Å². The molecule has 6 nitrogen and oxygen atoms in total. The third-order valence-electron chi connectivity index (χ3n) is 5.82. The number of allylic oxidation sites excluding steroid dienone is 1. The number of nitrogens with two attached hydrogens (primary N) is 1. The summed E-state index contributed by atoms with van der Waals surface area (Å²) in [6, 6.07) is 16.0. The van der Waals surface area contributed by atoms with Gasteiger partial charge in [-0.3, -0.25) is 9.59 Å². The van der Waals surface area contributed by atoms with Crippen LogP contribution in [0.5, 0.6) is 0 Å². The van der Waals surface area contributed by atoms with E-state index in [1.165, 1.54) is 0 Å². The Kier molecular flexibility index (Phi) is 5.95. The molecule has 6 heteroatoms. The lowest BCUT2D eigenvalue weighted by Gasteiger charge is -2.27. The highest BCUT2D eigenvalue weighted by molar-refractivity contribution is 6.09. The van der Waals surface area contributed by atoms with Crippen LogP contribution in [-0.2, 0) is 11.2 Å². The van der Waals surface area contributed by atoms with Gasteiger partial charge in [-0.2, -0.15) is 0 Å². The predicted molar refractivity (Wildman–Crippen MR) is 129 cm³/mol. The molecule has 3 aromatic rings. The molecule has 0 aliphatic heterocycles. The van der Waals surface area contributed by atoms with E-state index in [-0.39, 0.29) is 12.5 Å². The van der Waals surface area contributed by atoms with Crippen molar-refractivity contribution in [3.63, 3.8) is 0 Å². The maximum atomic E-state index is 13.1. The molecule has 1 aromatic heterocycles. The minimum absolute atomic E-state index is 0.194. The van der Waals surface area contributed by atoms with Crippen LogP contribution in [-0.4, -0.2) is 37.4 Å². The van der Waals surface area contributed by atoms with Crippen molar-refractivity contribution in [3.8, 4) is 0 Å². The number of aromatic nitrogens is 1. The molecule has 0 radical (unpaired) electrons. The number of fused-ring (bicyclic) bond motifs is 2. The molecule has 2 aromatic carbocycles. The van der Waals surface area contributed by atoms with E-state index >= 15 is 0 Å². The Morgan fingerprint density at radius 2 is 1.84 bits per heavy atom. The van der Waals surface area contributed by atoms with Crippen LogP contribution in [0.1, 0.15) is 40.5 Å². The molecule has 0 bridgehead atoms. The van der Waals surface area contributed by atoms with Crippen LogP contribution >= 0.6 is 0 Å². The van der Waals surface area contributed by atoms with Gasteiger partial charge in [-0.15, -0.1) is 0 Å². The Hall–Kier alpha value is -3.67. The number of benzene rings is 2. The molecule has 1 aliphatic rings. The second kappa shape index (κ2) is 8.83. The van der Waals surface area contributed by atoms with Crippen molar-refractivity contribution < 1.29 is 9.59 Å². The summed E-state index contributed by atoms with van der Waals surface area (Å²) < 4.78 is 0. The quantitative estimate of drug-likeness (QED) is 0.649. The molecule has 1 atom stereocenters. The molecular formula is C26H28N4O2. The third-order valence-corrected chi connectivity index (χ3v) is 5.82. The fourth-order valence-corrected chi connectivity index (χ4v) is 4.32. The standard InChI is InChI=1S/C26H28N4O2/c1-16-12-18(14-17-8-10-19(11-9-17)30(2)3)25-21(13-16)24(26(32)28-15-23(27)31)20-6-4-5-7-22(20)29-25/h4-11,14,16H,12-13,15H2,1-3H3,(H2,27,31)(H,28,32)/b18-14-. The predicted octanol–water partition coefficient (Wildman–Crippen LogP) is 3.64. The van der Waals surface area contributed by atoms with E-state index in [0.717, 1.165) is 51.8 Å². The lowest BCUT2D eigenvalue weighted by molar-refractivity contribution is -0.117. The minimum atomic E-state index is -0.569. The molecule has 2 amide bonds. The number of amides is 2. The second-order valence-corrected chi connectivity index (χ2v) is 8.65. The van der Waals surface area contributed by atoms with Gasteiger partial charge in [0.05, 0.1) is 23.3 Å². The maximum absolute atomic E-state index is 13.1. The minimum Gasteiger partial charge on any atom is -0.378 e. The molecule has 1 unspecified atom stereocenters. The Balaban J connectivity index is 1.86. The highest BCUT2D eigenvalue weighted by Crippen LogP contribution is 2.38. The molecule has 1 heterocycles. The summed E-state index contributed by atoms with van der Waals surface area (Å²) in [5, 5.41) is 3.46. The maximum Gasteiger partial charge on any atom is 0.252 e. The van der Waals surface area contributed by atoms with Crippen molar-refractivity contribution in [2.45, 2.75) is 19.8 Å². The summed E-state index contributed by atoms with van der Waals surface area (Å²) in [6.45, 7) is 1.99. The first-order valence-electron chi connectivity index (χ1n) is 10.8. The van der Waals surface area contributed by atoms with Gasteiger partial charge in [0.2, 0.25) is 5.91 Å². The van der Waals surface area contributed by atoms with Gasteiger partial charge in [0.1, 0.15) is 0 Å². The fourth-order valence-electron chi connectivity index (χ4n) is 4.32. The summed E-state index contributed by atoms with van der Waals surface area (Å²) in [5.74, 6) is -0.497. The second-order valence-electron chi connectivity index (χ2n) is 8.65. The van der Waals surface area contributed by atoms with Gasteiger partial charge < -0.3 is 16.0 Å². The summed E-state index contributed by atoms with van der Waals surface area (Å²) >= 11 is 0. The number of para-hydroxylation sites is 1. The number of carbonyl (C=O) groups excluding carboxylic acids is 2. The van der Waals surface area contributed by atoms with E-state index in [1.54, 1.807) is 0 Å². The number of pyridine rings is 1. The Labute approximate surface area is 188 Å². The normalized spacial score (nSPS) is 16.6. The Morgan fingerprint density at radius 3 is 2.53 bits per heavy atom. The SMILES string of the molecule is CC1C/C(=C/c2ccc(N(C)C)cc2)c2nc3ccccc3c(C(=O)NCC(N)=O)c2C1. The van der Waals surface area contributed by atoms with Gasteiger partial charge in [0, 0.05) is 25.2 Å². The lowest BCUT2D eigenvalue weighted by atomic mass is 9.80. The molecule has 0 spiro atoms. The van der Waals surface area contributed by atoms with Crippen LogP contribution in [0.4, 0.5) is 5.69 Å². The monoisotopic (exact) mass is 428 g/mol. The van der Waals surface area contributed by atoms with Gasteiger partial charge in [-0.1, -0.05) is 37.3 Å². The average molecular weight is 429 g/mol. The number of hydrogen-bond acceptors (Lipinski definition) is 4. The highest BCUT2D eigenvalue weighted by Gasteiger charge is 2.28. The number of nitrogens with zero attached hydrogens (tertiary/aromatic N) is 2. The van der Waals surface area contributed by atoms with Crippen LogP contribution in [0, 0.1) is 5.92 Å². The lowest BCUT2D eigenvalue weighted by Crippen LogP contribution is -2.34. The Morgan fingerprint density at radius 1 is 1.12 bits per heavy atom. The largest absolute Gasteiger partial charge is 0.378 e. The van der Waals surface area contributed by atoms with Crippen molar-refractivity contribution in [1.29, 1.82) is 0 Å². The van der Waals surface area contributed by atoms with Gasteiger partial charge in [0.25, 0.3) is 5.91 Å². The smallest absolute Gasteiger partial charge is 0.252 e. The topological polar surface area (TPSA) is 88.3 Å². The first-order chi connectivity index (χ1) is 15.3. The van der Waals surface area contributed by atoms with Gasteiger partial charge >= 0.3 is 0 Å². The molecule has 1 aliphatic carbocycles. The zero-order valence-electron chi connectivity index (χ0n) is 18.7. The zero-order chi connectivity index (χ0) is 22.8. The van der Waals surface area contributed by atoms with E-state index in [9.17, 15) is 9.59 Å². The molecule has 0 fully saturated rings. The van der Waals surface area contributed by atoms with Gasteiger partial charge in [-0.25, -0.2) is 4.98 Å². The zero-order valence-corrected chi connectivity index (χ0v) is 18.7. The molecule has 0 saturated heterocycles. The number of rotatable bonds is 5. The molecule has 164 valence electrons. The first-order valence-corrected chi connectivity index (χ1v) is 10.8. The molecule has 4 rings (SSSR count). The van der Waals surface area contributed by atoms with Gasteiger partial charge in [0.15, 0.2) is 0 Å². The van der Waals surface area contributed by atoms with Crippen LogP contribution in [0.2, 0.25) is 0 Å². The molecular weight excluding hydrogens is 400 g/mol. The van der Waals surface area contributed by atoms with Crippen molar-refractivity contribution in [1.82, 2.24) is 10.3 Å². The van der Waals surface area contributed by atoms with E-state index in [2.05, 4.69) is 47.5 Å². The van der Waals surface area contributed by atoms with Crippen molar-refractivity contribution in [3.05, 3.63) is 70.9 Å². The average Bonchev–Trinajstić information content (AvgIpc) is 2.76. The van der Waals surface area contributed by atoms with Crippen molar-refractivity contribution in [2.24, 2.45) is 11.7 Å². The summed E-state index contributed by atoms with van der Waals surface area (Å²) in [7, 11) is 4.04. The highest BCUT2D eigenvalue weighted by atomic mass is 16.2. The number of carbonyl (C=O) groups is 2. The van der Waals surface area contributed by atoms with Crippen LogP contribution in [0.25, 0.3) is 22.6 Å². The number of hydrogen-bond donors (Lipinski definition) is 2. The van der Waals surface area contributed by atoms with Crippen LogP contribution in [0.15, 0.2) is 48.5 Å². The van der Waals surface area contributed by atoms with Crippen molar-refractivity contribution in [2.75, 3.05) is 25.5 Å². The number of nitrogens with one attached hydrogen (secondary N) is 1. The summed E-state index contributed by atoms with van der Waals surface area (Å²) in [5.41, 5.74) is 11.8. The van der Waals surface area contributed by atoms with Crippen LogP contribution < -0.4 is 16.0 Å². The fraction of sp³-hybridized carbons (Fsp3) is 0.269. The third kappa shape index (κ3) is 4.35. The molecule has 0 saturated carbocycles. The summed E-state index contributed by atoms with van der Waals surface area (Å²) in [4.78, 5) is 31.4. The van der Waals surface area contributed by atoms with E-state index in [1.807, 2.05) is 38.4 Å². The number of anilines is 1. The van der Waals surface area contributed by atoms with Crippen LogP contribution in [0.3, 0.4) is 0 Å². The number of primary amides is 1. The Bertz CT molecular complexity index is 1210. The summed E-state index contributed by atoms with van der Waals surface area (Å²) in [6.07, 6.45) is 3.81. The first kappa shape index (κ1) is 21.6. The molecule has 3 N–H and O–H groups in total.